The molecule has 7 heteroatoms. The maximum atomic E-state index is 12.4. The van der Waals surface area contributed by atoms with Crippen LogP contribution in [0.4, 0.5) is 0 Å². The number of hydrogen-bond donors (Lipinski definition) is 1. The van der Waals surface area contributed by atoms with Crippen LogP contribution >= 0.6 is 0 Å². The van der Waals surface area contributed by atoms with Crippen molar-refractivity contribution in [1.82, 2.24) is 4.90 Å². The number of carbonyl (C=O) groups is 2. The summed E-state index contributed by atoms with van der Waals surface area (Å²) < 4.78 is 22.3. The summed E-state index contributed by atoms with van der Waals surface area (Å²) in [6.07, 6.45) is 5.61. The van der Waals surface area contributed by atoms with E-state index in [4.69, 9.17) is 0 Å². The molecular formula is C13H19NO5S. The Labute approximate surface area is 118 Å². The Hall–Kier alpha value is -1.37. The second-order valence-electron chi connectivity index (χ2n) is 5.73. The van der Waals surface area contributed by atoms with Gasteiger partial charge in [0.2, 0.25) is 5.91 Å². The molecule has 4 atom stereocenters. The van der Waals surface area contributed by atoms with E-state index in [-0.39, 0.29) is 30.0 Å². The van der Waals surface area contributed by atoms with Crippen LogP contribution < -0.4 is 0 Å². The fraction of sp³-hybridized carbons (Fsp3) is 0.692. The Morgan fingerprint density at radius 1 is 1.25 bits per heavy atom. The minimum absolute atomic E-state index is 0.0331. The summed E-state index contributed by atoms with van der Waals surface area (Å²) >= 11 is 0. The monoisotopic (exact) mass is 301 g/mol. The van der Waals surface area contributed by atoms with Crippen LogP contribution in [0.5, 0.6) is 0 Å². The smallest absolute Gasteiger partial charge is 0.307 e. The number of allylic oxidation sites excluding steroid dienone is 2. The van der Waals surface area contributed by atoms with Crippen molar-refractivity contribution >= 4 is 21.7 Å². The molecule has 0 aromatic heterocycles. The van der Waals surface area contributed by atoms with E-state index in [1.54, 1.807) is 0 Å². The van der Waals surface area contributed by atoms with Crippen molar-refractivity contribution in [2.75, 3.05) is 25.6 Å². The highest BCUT2D eigenvalue weighted by molar-refractivity contribution is 7.90. The average Bonchev–Trinajstić information content (AvgIpc) is 2.93. The zero-order valence-electron chi connectivity index (χ0n) is 11.5. The van der Waals surface area contributed by atoms with Crippen LogP contribution in [0.1, 0.15) is 6.42 Å². The van der Waals surface area contributed by atoms with Crippen molar-refractivity contribution in [2.24, 2.45) is 23.7 Å². The summed E-state index contributed by atoms with van der Waals surface area (Å²) in [5.41, 5.74) is 0. The number of aliphatic carboxylic acids is 1. The first-order valence-corrected chi connectivity index (χ1v) is 8.60. The van der Waals surface area contributed by atoms with Gasteiger partial charge in [-0.3, -0.25) is 9.59 Å². The number of hydrogen-bond acceptors (Lipinski definition) is 4. The molecule has 2 aliphatic rings. The van der Waals surface area contributed by atoms with Crippen LogP contribution in [0.2, 0.25) is 0 Å². The molecule has 0 aliphatic heterocycles. The Morgan fingerprint density at radius 2 is 1.80 bits per heavy atom. The first kappa shape index (κ1) is 15.0. The summed E-state index contributed by atoms with van der Waals surface area (Å²) in [6, 6.07) is 0. The van der Waals surface area contributed by atoms with Gasteiger partial charge in [-0.2, -0.15) is 0 Å². The van der Waals surface area contributed by atoms with E-state index in [2.05, 4.69) is 0 Å². The highest BCUT2D eigenvalue weighted by atomic mass is 32.2. The molecule has 0 saturated heterocycles. The summed E-state index contributed by atoms with van der Waals surface area (Å²) in [4.78, 5) is 25.1. The van der Waals surface area contributed by atoms with Gasteiger partial charge in [-0.1, -0.05) is 12.2 Å². The van der Waals surface area contributed by atoms with Crippen molar-refractivity contribution in [3.63, 3.8) is 0 Å². The predicted molar refractivity (Wildman–Crippen MR) is 72.7 cm³/mol. The van der Waals surface area contributed by atoms with Crippen LogP contribution in [-0.4, -0.2) is 55.9 Å². The zero-order valence-corrected chi connectivity index (χ0v) is 12.3. The van der Waals surface area contributed by atoms with Gasteiger partial charge < -0.3 is 10.0 Å². The molecule has 2 aliphatic carbocycles. The molecule has 112 valence electrons. The van der Waals surface area contributed by atoms with Gasteiger partial charge in [0, 0.05) is 19.8 Å². The Bertz CT molecular complexity index is 553. The van der Waals surface area contributed by atoms with E-state index in [0.29, 0.717) is 6.42 Å². The Balaban J connectivity index is 2.08. The number of fused-ring (bicyclic) bond motifs is 2. The number of carboxylic acid groups (broad SMARTS) is 1. The normalized spacial score (nSPS) is 31.5. The highest BCUT2D eigenvalue weighted by Gasteiger charge is 2.52. The van der Waals surface area contributed by atoms with Crippen molar-refractivity contribution < 1.29 is 23.1 Å². The van der Waals surface area contributed by atoms with Gasteiger partial charge >= 0.3 is 5.97 Å². The fourth-order valence-corrected chi connectivity index (χ4v) is 3.77. The van der Waals surface area contributed by atoms with Gasteiger partial charge in [-0.05, 0) is 18.3 Å². The summed E-state index contributed by atoms with van der Waals surface area (Å²) in [6.45, 7) is 0.0988. The van der Waals surface area contributed by atoms with Crippen LogP contribution in [0, 0.1) is 23.7 Å². The molecular weight excluding hydrogens is 282 g/mol. The van der Waals surface area contributed by atoms with Gasteiger partial charge in [0.15, 0.2) is 0 Å². The molecule has 2 unspecified atom stereocenters. The quantitative estimate of drug-likeness (QED) is 0.722. The van der Waals surface area contributed by atoms with Crippen molar-refractivity contribution in [3.05, 3.63) is 12.2 Å². The molecule has 1 N–H and O–H groups in total. The molecule has 0 radical (unpaired) electrons. The third-order valence-electron chi connectivity index (χ3n) is 4.20. The summed E-state index contributed by atoms with van der Waals surface area (Å²) in [5.74, 6) is -2.67. The van der Waals surface area contributed by atoms with Crippen molar-refractivity contribution in [1.29, 1.82) is 0 Å². The lowest BCUT2D eigenvalue weighted by atomic mass is 9.82. The maximum absolute atomic E-state index is 12.4. The standard InChI is InChI=1S/C13H19NO5S/c1-14(5-6-20(2,18)19)12(15)10-8-3-4-9(7-8)11(10)13(16)17/h3-4,8-11H,5-7H2,1-2H3,(H,16,17)/t8?,9?,10-,11+/m0/s1. The largest absolute Gasteiger partial charge is 0.481 e. The number of sulfone groups is 1. The minimum Gasteiger partial charge on any atom is -0.481 e. The lowest BCUT2D eigenvalue weighted by Gasteiger charge is -2.28. The molecule has 0 aromatic rings. The third kappa shape index (κ3) is 2.87. The second kappa shape index (κ2) is 5.20. The van der Waals surface area contributed by atoms with Crippen LogP contribution in [0.15, 0.2) is 12.2 Å². The van der Waals surface area contributed by atoms with E-state index < -0.39 is 27.6 Å². The van der Waals surface area contributed by atoms with Gasteiger partial charge in [-0.15, -0.1) is 0 Å². The first-order chi connectivity index (χ1) is 9.20. The zero-order chi connectivity index (χ0) is 15.1. The van der Waals surface area contributed by atoms with E-state index in [1.165, 1.54) is 11.9 Å². The van der Waals surface area contributed by atoms with Crippen LogP contribution in [0.25, 0.3) is 0 Å². The SMILES string of the molecule is CN(CCS(C)(=O)=O)C(=O)[C@H]1C2C=CC(C2)[C@H]1C(=O)O. The highest BCUT2D eigenvalue weighted by Crippen LogP contribution is 2.48. The lowest BCUT2D eigenvalue weighted by Crippen LogP contribution is -2.42. The number of nitrogens with zero attached hydrogens (tertiary/aromatic N) is 1. The second-order valence-corrected chi connectivity index (χ2v) is 7.99. The number of carboxylic acids is 1. The van der Waals surface area contributed by atoms with E-state index in [9.17, 15) is 23.1 Å². The topological polar surface area (TPSA) is 91.8 Å². The maximum Gasteiger partial charge on any atom is 0.307 e. The number of rotatable bonds is 5. The average molecular weight is 301 g/mol. The van der Waals surface area contributed by atoms with Gasteiger partial charge in [0.25, 0.3) is 0 Å². The van der Waals surface area contributed by atoms with E-state index in [1.807, 2.05) is 12.2 Å². The van der Waals surface area contributed by atoms with Crippen LogP contribution in [-0.2, 0) is 19.4 Å². The molecule has 1 amide bonds. The molecule has 20 heavy (non-hydrogen) atoms. The summed E-state index contributed by atoms with van der Waals surface area (Å²) in [7, 11) is -1.61. The van der Waals surface area contributed by atoms with Gasteiger partial charge in [0.05, 0.1) is 17.6 Å². The Kier molecular flexibility index (Phi) is 3.90. The number of amides is 1. The molecule has 6 nitrogen and oxygen atoms in total. The van der Waals surface area contributed by atoms with Crippen molar-refractivity contribution in [3.8, 4) is 0 Å². The van der Waals surface area contributed by atoms with Crippen molar-refractivity contribution in [2.45, 2.75) is 6.42 Å². The predicted octanol–water partition coefficient (Wildman–Crippen LogP) is 0.0123. The molecule has 0 spiro atoms. The first-order valence-electron chi connectivity index (χ1n) is 6.54. The van der Waals surface area contributed by atoms with Gasteiger partial charge in [-0.25, -0.2) is 8.42 Å². The molecule has 0 heterocycles. The molecule has 2 bridgehead atoms. The fourth-order valence-electron chi connectivity index (χ4n) is 3.16. The molecule has 0 aromatic carbocycles. The van der Waals surface area contributed by atoms with Crippen LogP contribution in [0.3, 0.4) is 0 Å². The van der Waals surface area contributed by atoms with E-state index in [0.717, 1.165) is 6.26 Å². The molecule has 2 rings (SSSR count). The molecule has 1 fully saturated rings. The third-order valence-corrected chi connectivity index (χ3v) is 5.13. The molecule has 1 saturated carbocycles. The number of carbonyl (C=O) groups excluding carboxylic acids is 1. The Morgan fingerprint density at radius 3 is 2.30 bits per heavy atom. The van der Waals surface area contributed by atoms with Gasteiger partial charge in [0.1, 0.15) is 9.84 Å². The lowest BCUT2D eigenvalue weighted by molar-refractivity contribution is -0.150. The summed E-state index contributed by atoms with van der Waals surface area (Å²) in [5, 5.41) is 9.30. The van der Waals surface area contributed by atoms with E-state index >= 15 is 0 Å². The minimum atomic E-state index is -3.14.